The molecule has 4 rings (SSSR count). The zero-order valence-electron chi connectivity index (χ0n) is 20.5. The minimum absolute atomic E-state index is 0.00520. The molecule has 0 saturated carbocycles. The molecule has 1 unspecified atom stereocenters. The predicted molar refractivity (Wildman–Crippen MR) is 144 cm³/mol. The minimum atomic E-state index is -0.816. The summed E-state index contributed by atoms with van der Waals surface area (Å²) >= 11 is 12.3. The van der Waals surface area contributed by atoms with E-state index in [1.54, 1.807) is 49.6 Å². The third-order valence-electron chi connectivity index (χ3n) is 6.33. The van der Waals surface area contributed by atoms with Crippen LogP contribution in [0.4, 0.5) is 0 Å². The normalized spacial score (nSPS) is 16.9. The lowest BCUT2D eigenvalue weighted by Gasteiger charge is -2.25. The molecule has 0 bridgehead atoms. The summed E-state index contributed by atoms with van der Waals surface area (Å²) in [6.45, 7) is 3.11. The lowest BCUT2D eigenvalue weighted by molar-refractivity contribution is -0.140. The molecular formula is C29H27Cl2NO5. The number of carbonyl (C=O) groups is 2. The number of hydrogen-bond acceptors (Lipinski definition) is 5. The summed E-state index contributed by atoms with van der Waals surface area (Å²) in [5.74, 6) is -1.10. The Kier molecular flexibility index (Phi) is 8.54. The van der Waals surface area contributed by atoms with Gasteiger partial charge in [-0.15, -0.1) is 0 Å². The molecule has 1 N–H and O–H groups in total. The molecule has 37 heavy (non-hydrogen) atoms. The second-order valence-electron chi connectivity index (χ2n) is 8.75. The van der Waals surface area contributed by atoms with Crippen molar-refractivity contribution in [2.75, 3.05) is 20.3 Å². The van der Waals surface area contributed by atoms with E-state index < -0.39 is 17.7 Å². The van der Waals surface area contributed by atoms with Gasteiger partial charge in [0.05, 0.1) is 21.7 Å². The van der Waals surface area contributed by atoms with Gasteiger partial charge in [0, 0.05) is 25.8 Å². The lowest BCUT2D eigenvalue weighted by Crippen LogP contribution is -2.31. The molecule has 1 atom stereocenters. The van der Waals surface area contributed by atoms with Gasteiger partial charge in [-0.1, -0.05) is 53.5 Å². The zero-order valence-corrected chi connectivity index (χ0v) is 22.1. The van der Waals surface area contributed by atoms with Gasteiger partial charge in [-0.2, -0.15) is 0 Å². The number of likely N-dealkylation sites (tertiary alicyclic amines) is 1. The number of benzene rings is 3. The van der Waals surface area contributed by atoms with E-state index in [0.717, 1.165) is 11.1 Å². The van der Waals surface area contributed by atoms with Gasteiger partial charge in [-0.3, -0.25) is 9.59 Å². The molecule has 1 fully saturated rings. The van der Waals surface area contributed by atoms with E-state index in [-0.39, 0.29) is 22.9 Å². The van der Waals surface area contributed by atoms with Gasteiger partial charge in [0.15, 0.2) is 0 Å². The number of aliphatic hydroxyl groups is 1. The van der Waals surface area contributed by atoms with Crippen molar-refractivity contribution < 1.29 is 24.2 Å². The first kappa shape index (κ1) is 26.7. The van der Waals surface area contributed by atoms with E-state index in [2.05, 4.69) is 0 Å². The molecule has 8 heteroatoms. The van der Waals surface area contributed by atoms with E-state index in [1.807, 2.05) is 31.2 Å². The molecule has 1 amide bonds. The van der Waals surface area contributed by atoms with Crippen LogP contribution in [0, 0.1) is 6.92 Å². The highest BCUT2D eigenvalue weighted by Crippen LogP contribution is 2.41. The topological polar surface area (TPSA) is 76.1 Å². The quantitative estimate of drug-likeness (QED) is 0.148. The third kappa shape index (κ3) is 5.82. The molecule has 1 heterocycles. The summed E-state index contributed by atoms with van der Waals surface area (Å²) in [5.41, 5.74) is 3.17. The number of rotatable bonds is 9. The van der Waals surface area contributed by atoms with E-state index in [4.69, 9.17) is 32.7 Å². The number of nitrogens with zero attached hydrogens (tertiary/aromatic N) is 1. The Bertz CT molecular complexity index is 1340. The van der Waals surface area contributed by atoms with Gasteiger partial charge in [-0.05, 0) is 66.4 Å². The maximum Gasteiger partial charge on any atom is 0.295 e. The Labute approximate surface area is 226 Å². The van der Waals surface area contributed by atoms with Crippen LogP contribution in [0.1, 0.15) is 34.7 Å². The molecule has 0 spiro atoms. The number of Topliss-reactive ketones (excluding diaryl/α,β-unsaturated/α-hetero) is 1. The molecule has 1 aliphatic rings. The molecule has 0 aromatic heterocycles. The molecule has 3 aromatic carbocycles. The van der Waals surface area contributed by atoms with Crippen molar-refractivity contribution in [1.82, 2.24) is 4.90 Å². The Morgan fingerprint density at radius 1 is 1.00 bits per heavy atom. The minimum Gasteiger partial charge on any atom is -0.507 e. The molecule has 0 aliphatic carbocycles. The van der Waals surface area contributed by atoms with Crippen LogP contribution in [0.2, 0.25) is 10.0 Å². The van der Waals surface area contributed by atoms with Gasteiger partial charge < -0.3 is 19.5 Å². The maximum absolute atomic E-state index is 13.1. The fourth-order valence-corrected chi connectivity index (χ4v) is 4.62. The van der Waals surface area contributed by atoms with Gasteiger partial charge in [0.1, 0.15) is 18.1 Å². The summed E-state index contributed by atoms with van der Waals surface area (Å²) in [7, 11) is 1.57. The van der Waals surface area contributed by atoms with Gasteiger partial charge in [-0.25, -0.2) is 0 Å². The highest BCUT2D eigenvalue weighted by molar-refractivity contribution is 6.46. The zero-order chi connectivity index (χ0) is 26.5. The first-order valence-electron chi connectivity index (χ1n) is 11.8. The number of ketones is 1. The van der Waals surface area contributed by atoms with Crippen molar-refractivity contribution in [2.24, 2.45) is 0 Å². The Morgan fingerprint density at radius 3 is 2.41 bits per heavy atom. The van der Waals surface area contributed by atoms with Crippen molar-refractivity contribution in [3.05, 3.63) is 105 Å². The van der Waals surface area contributed by atoms with Crippen LogP contribution in [0.5, 0.6) is 5.75 Å². The fourth-order valence-electron chi connectivity index (χ4n) is 4.32. The second-order valence-corrected chi connectivity index (χ2v) is 9.57. The largest absolute Gasteiger partial charge is 0.507 e. The summed E-state index contributed by atoms with van der Waals surface area (Å²) in [4.78, 5) is 27.6. The summed E-state index contributed by atoms with van der Waals surface area (Å²) < 4.78 is 11.0. The molecule has 1 aliphatic heterocycles. The molecule has 1 saturated heterocycles. The van der Waals surface area contributed by atoms with Crippen molar-refractivity contribution in [2.45, 2.75) is 26.0 Å². The van der Waals surface area contributed by atoms with Crippen molar-refractivity contribution in [3.63, 3.8) is 0 Å². The van der Waals surface area contributed by atoms with Crippen LogP contribution in [-0.4, -0.2) is 42.0 Å². The summed E-state index contributed by atoms with van der Waals surface area (Å²) in [5, 5.41) is 11.9. The fraction of sp³-hybridized carbons (Fsp3) is 0.241. The monoisotopic (exact) mass is 539 g/mol. The highest BCUT2D eigenvalue weighted by atomic mass is 35.5. The van der Waals surface area contributed by atoms with Crippen LogP contribution < -0.4 is 4.74 Å². The Hall–Kier alpha value is -3.32. The SMILES string of the molecule is COCCCN1C(=O)C(=O)/C(=C(/O)c2ccc(OCc3ccccc3C)cc2)C1c1ccc(Cl)c(Cl)c1. The summed E-state index contributed by atoms with van der Waals surface area (Å²) in [6, 6.07) is 18.8. The molecular weight excluding hydrogens is 513 g/mol. The van der Waals surface area contributed by atoms with Crippen LogP contribution in [0.3, 0.4) is 0 Å². The molecule has 192 valence electrons. The number of aliphatic hydroxyl groups excluding tert-OH is 1. The van der Waals surface area contributed by atoms with Crippen LogP contribution in [0.25, 0.3) is 5.76 Å². The number of aryl methyl sites for hydroxylation is 1. The third-order valence-corrected chi connectivity index (χ3v) is 7.07. The Morgan fingerprint density at radius 2 is 1.73 bits per heavy atom. The van der Waals surface area contributed by atoms with Crippen molar-refractivity contribution in [1.29, 1.82) is 0 Å². The van der Waals surface area contributed by atoms with Crippen LogP contribution >= 0.6 is 23.2 Å². The first-order valence-corrected chi connectivity index (χ1v) is 12.6. The lowest BCUT2D eigenvalue weighted by atomic mass is 9.95. The van der Waals surface area contributed by atoms with Crippen LogP contribution in [0.15, 0.2) is 72.3 Å². The van der Waals surface area contributed by atoms with Crippen molar-refractivity contribution in [3.8, 4) is 5.75 Å². The predicted octanol–water partition coefficient (Wildman–Crippen LogP) is 6.34. The first-order chi connectivity index (χ1) is 17.8. The van der Waals surface area contributed by atoms with Gasteiger partial charge >= 0.3 is 0 Å². The molecule has 0 radical (unpaired) electrons. The molecule has 6 nitrogen and oxygen atoms in total. The number of carbonyl (C=O) groups excluding carboxylic acids is 2. The van der Waals surface area contributed by atoms with Crippen molar-refractivity contribution >= 4 is 40.7 Å². The number of ether oxygens (including phenoxy) is 2. The van der Waals surface area contributed by atoms with Gasteiger partial charge in [0.2, 0.25) is 0 Å². The average Bonchev–Trinajstić information content (AvgIpc) is 3.15. The summed E-state index contributed by atoms with van der Waals surface area (Å²) in [6.07, 6.45) is 0.522. The number of amides is 1. The number of hydrogen-bond donors (Lipinski definition) is 1. The number of halogens is 2. The number of methoxy groups -OCH3 is 1. The molecule has 3 aromatic rings. The second kappa shape index (κ2) is 11.8. The highest BCUT2D eigenvalue weighted by Gasteiger charge is 2.45. The standard InChI is InChI=1S/C29H27Cl2NO5/c1-18-6-3-4-7-21(18)17-37-22-11-8-19(9-12-22)27(33)25-26(20-10-13-23(30)24(31)16-20)32(14-5-15-36-2)29(35)28(25)34/h3-4,6-13,16,26,33H,5,14-15,17H2,1-2H3/b27-25+. The average molecular weight is 540 g/mol. The maximum atomic E-state index is 13.1. The smallest absolute Gasteiger partial charge is 0.295 e. The van der Waals surface area contributed by atoms with Gasteiger partial charge in [0.25, 0.3) is 11.7 Å². The van der Waals surface area contributed by atoms with E-state index in [9.17, 15) is 14.7 Å². The Balaban J connectivity index is 1.66. The van der Waals surface area contributed by atoms with E-state index >= 15 is 0 Å². The van der Waals surface area contributed by atoms with Crippen LogP contribution in [-0.2, 0) is 20.9 Å². The van der Waals surface area contributed by atoms with E-state index in [0.29, 0.717) is 41.5 Å². The van der Waals surface area contributed by atoms with E-state index in [1.165, 1.54) is 4.90 Å².